The van der Waals surface area contributed by atoms with Crippen molar-refractivity contribution in [3.63, 3.8) is 0 Å². The van der Waals surface area contributed by atoms with E-state index in [2.05, 4.69) is 26.1 Å². The monoisotopic (exact) mass is 581 g/mol. The Kier molecular flexibility index (Phi) is 9.73. The summed E-state index contributed by atoms with van der Waals surface area (Å²) < 4.78 is 13.0. The van der Waals surface area contributed by atoms with Gasteiger partial charge in [0.15, 0.2) is 11.4 Å². The molecule has 222 valence electrons. The average Bonchev–Trinajstić information content (AvgIpc) is 3.24. The number of Topliss-reactive ketones (excluding diaryl/α,β-unsaturated/α-hetero) is 1. The Balaban J connectivity index is 1.51. The van der Waals surface area contributed by atoms with E-state index < -0.39 is 10.9 Å². The Labute approximate surface area is 247 Å². The zero-order valence-electron chi connectivity index (χ0n) is 25.1. The van der Waals surface area contributed by atoms with Crippen molar-refractivity contribution >= 4 is 28.7 Å². The summed E-state index contributed by atoms with van der Waals surface area (Å²) in [5.74, 6) is 2.25. The standard InChI is InChI=1S/C33H43NO6S/c1-19(2)8-7-9-20(3)14-15-33(17-26(35)28-23(6)29(36)21(4)22(5)30(28)40-33)18-39-25-12-10-24(11-13-25)16-27-31(37)34-32(38)41-27/h10-13,19-20,27,36H,7-9,14-18H2,1-6H3,(H,34,37,38). The molecule has 0 spiro atoms. The van der Waals surface area contributed by atoms with Crippen LogP contribution in [0.2, 0.25) is 0 Å². The highest BCUT2D eigenvalue weighted by atomic mass is 32.2. The van der Waals surface area contributed by atoms with Crippen LogP contribution in [0.1, 0.15) is 91.9 Å². The second-order valence-electron chi connectivity index (χ2n) is 12.3. The second kappa shape index (κ2) is 12.9. The van der Waals surface area contributed by atoms with Gasteiger partial charge in [0.05, 0.1) is 17.2 Å². The molecule has 4 rings (SSSR count). The molecule has 0 bridgehead atoms. The van der Waals surface area contributed by atoms with Gasteiger partial charge < -0.3 is 14.6 Å². The predicted molar refractivity (Wildman–Crippen MR) is 162 cm³/mol. The fourth-order valence-electron chi connectivity index (χ4n) is 5.70. The summed E-state index contributed by atoms with van der Waals surface area (Å²) in [6.07, 6.45) is 5.76. The van der Waals surface area contributed by atoms with Gasteiger partial charge in [-0.1, -0.05) is 63.9 Å². The van der Waals surface area contributed by atoms with Crippen molar-refractivity contribution in [2.45, 2.75) is 97.3 Å². The molecule has 2 aromatic rings. The van der Waals surface area contributed by atoms with Gasteiger partial charge >= 0.3 is 0 Å². The zero-order chi connectivity index (χ0) is 29.9. The molecule has 1 saturated heterocycles. The number of nitrogens with one attached hydrogen (secondary N) is 1. The summed E-state index contributed by atoms with van der Waals surface area (Å²) in [6, 6.07) is 7.51. The van der Waals surface area contributed by atoms with Gasteiger partial charge in [-0.25, -0.2) is 0 Å². The number of ketones is 1. The molecular weight excluding hydrogens is 538 g/mol. The number of thioether (sulfide) groups is 1. The number of benzene rings is 2. The largest absolute Gasteiger partial charge is 0.507 e. The number of fused-ring (bicyclic) bond motifs is 1. The van der Waals surface area contributed by atoms with Crippen molar-refractivity contribution in [3.8, 4) is 17.2 Å². The van der Waals surface area contributed by atoms with Crippen LogP contribution in [0.15, 0.2) is 24.3 Å². The summed E-state index contributed by atoms with van der Waals surface area (Å²) in [5, 5.41) is 12.2. The average molecular weight is 582 g/mol. The van der Waals surface area contributed by atoms with Crippen molar-refractivity contribution < 1.29 is 29.0 Å². The van der Waals surface area contributed by atoms with E-state index in [0.29, 0.717) is 47.3 Å². The number of carbonyl (C=O) groups excluding carboxylic acids is 3. The van der Waals surface area contributed by atoms with E-state index in [1.165, 1.54) is 12.8 Å². The normalized spacial score (nSPS) is 21.0. The van der Waals surface area contributed by atoms with Crippen LogP contribution in [-0.4, -0.2) is 39.5 Å². The number of carbonyl (C=O) groups is 3. The molecule has 0 radical (unpaired) electrons. The van der Waals surface area contributed by atoms with E-state index in [1.54, 1.807) is 6.92 Å². The SMILES string of the molecule is Cc1c(C)c2c(c(C)c1O)C(=O)CC(CCC(C)CCCC(C)C)(COc1ccc(CC3SC(=O)NC3=O)cc1)O2. The van der Waals surface area contributed by atoms with Crippen molar-refractivity contribution in [3.05, 3.63) is 52.1 Å². The van der Waals surface area contributed by atoms with Crippen LogP contribution in [0.25, 0.3) is 0 Å². The van der Waals surface area contributed by atoms with Gasteiger partial charge in [-0.3, -0.25) is 19.7 Å². The highest BCUT2D eigenvalue weighted by Crippen LogP contribution is 2.45. The topological polar surface area (TPSA) is 102 Å². The Morgan fingerprint density at radius 2 is 1.73 bits per heavy atom. The third kappa shape index (κ3) is 7.26. The van der Waals surface area contributed by atoms with Crippen LogP contribution < -0.4 is 14.8 Å². The van der Waals surface area contributed by atoms with Crippen LogP contribution >= 0.6 is 11.8 Å². The lowest BCUT2D eigenvalue weighted by atomic mass is 9.81. The van der Waals surface area contributed by atoms with Crippen LogP contribution in [0.5, 0.6) is 17.2 Å². The predicted octanol–water partition coefficient (Wildman–Crippen LogP) is 7.24. The lowest BCUT2D eigenvalue weighted by Gasteiger charge is -2.40. The summed E-state index contributed by atoms with van der Waals surface area (Å²) in [6.45, 7) is 12.5. The van der Waals surface area contributed by atoms with Crippen molar-refractivity contribution in [2.24, 2.45) is 11.8 Å². The summed E-state index contributed by atoms with van der Waals surface area (Å²) in [4.78, 5) is 37.0. The second-order valence-corrected chi connectivity index (χ2v) is 13.5. The van der Waals surface area contributed by atoms with E-state index in [-0.39, 0.29) is 35.7 Å². The molecule has 2 amide bonds. The van der Waals surface area contributed by atoms with Crippen molar-refractivity contribution in [1.29, 1.82) is 0 Å². The molecule has 0 aromatic heterocycles. The number of ether oxygens (including phenoxy) is 2. The Morgan fingerprint density at radius 3 is 2.37 bits per heavy atom. The number of phenolic OH excluding ortho intramolecular Hbond substituents is 1. The first-order chi connectivity index (χ1) is 19.4. The van der Waals surface area contributed by atoms with Gasteiger partial charge in [0, 0.05) is 5.56 Å². The molecule has 3 unspecified atom stereocenters. The van der Waals surface area contributed by atoms with E-state index in [4.69, 9.17) is 9.47 Å². The van der Waals surface area contributed by atoms with Gasteiger partial charge in [0.25, 0.3) is 5.24 Å². The first-order valence-corrected chi connectivity index (χ1v) is 15.5. The first kappa shape index (κ1) is 30.9. The molecule has 41 heavy (non-hydrogen) atoms. The van der Waals surface area contributed by atoms with E-state index in [0.717, 1.165) is 41.3 Å². The number of hydrogen-bond acceptors (Lipinski definition) is 7. The molecule has 2 aliphatic heterocycles. The summed E-state index contributed by atoms with van der Waals surface area (Å²) >= 11 is 1.02. The van der Waals surface area contributed by atoms with Crippen molar-refractivity contribution in [2.75, 3.05) is 6.61 Å². The number of phenols is 1. The smallest absolute Gasteiger partial charge is 0.286 e. The fourth-order valence-corrected chi connectivity index (χ4v) is 6.56. The first-order valence-electron chi connectivity index (χ1n) is 14.7. The Hall–Kier alpha value is -3.00. The highest BCUT2D eigenvalue weighted by molar-refractivity contribution is 8.15. The number of hydrogen-bond donors (Lipinski definition) is 2. The number of aromatic hydroxyl groups is 1. The Bertz CT molecular complexity index is 1300. The summed E-state index contributed by atoms with van der Waals surface area (Å²) in [5.41, 5.74) is 2.65. The van der Waals surface area contributed by atoms with Crippen LogP contribution in [-0.2, 0) is 11.2 Å². The van der Waals surface area contributed by atoms with Gasteiger partial charge in [0.2, 0.25) is 5.91 Å². The molecule has 0 saturated carbocycles. The lowest BCUT2D eigenvalue weighted by molar-refractivity contribution is -0.118. The molecule has 8 heteroatoms. The minimum atomic E-state index is -0.825. The maximum Gasteiger partial charge on any atom is 0.286 e. The minimum Gasteiger partial charge on any atom is -0.507 e. The number of amides is 2. The quantitative estimate of drug-likeness (QED) is 0.272. The van der Waals surface area contributed by atoms with Gasteiger partial charge in [-0.15, -0.1) is 0 Å². The van der Waals surface area contributed by atoms with Gasteiger partial charge in [-0.2, -0.15) is 0 Å². The zero-order valence-corrected chi connectivity index (χ0v) is 25.9. The molecule has 0 aliphatic carbocycles. The van der Waals surface area contributed by atoms with Crippen LogP contribution in [0.3, 0.4) is 0 Å². The van der Waals surface area contributed by atoms with Crippen molar-refractivity contribution in [1.82, 2.24) is 5.32 Å². The maximum absolute atomic E-state index is 13.6. The molecule has 7 nitrogen and oxygen atoms in total. The Morgan fingerprint density at radius 1 is 1.02 bits per heavy atom. The molecule has 2 heterocycles. The molecule has 2 aliphatic rings. The van der Waals surface area contributed by atoms with Gasteiger partial charge in [0.1, 0.15) is 23.9 Å². The van der Waals surface area contributed by atoms with E-state index in [9.17, 15) is 19.5 Å². The number of imide groups is 1. The third-order valence-corrected chi connectivity index (χ3v) is 9.46. The molecule has 2 aromatic carbocycles. The molecule has 2 N–H and O–H groups in total. The van der Waals surface area contributed by atoms with E-state index in [1.807, 2.05) is 38.1 Å². The minimum absolute atomic E-state index is 0.0320. The molecule has 3 atom stereocenters. The summed E-state index contributed by atoms with van der Waals surface area (Å²) in [7, 11) is 0. The molecular formula is C33H43NO6S. The van der Waals surface area contributed by atoms with Crippen LogP contribution in [0, 0.1) is 32.6 Å². The molecule has 1 fully saturated rings. The van der Waals surface area contributed by atoms with Crippen LogP contribution in [0.4, 0.5) is 4.79 Å². The maximum atomic E-state index is 13.6. The number of rotatable bonds is 12. The van der Waals surface area contributed by atoms with E-state index >= 15 is 0 Å². The highest BCUT2D eigenvalue weighted by Gasteiger charge is 2.43. The lowest BCUT2D eigenvalue weighted by Crippen LogP contribution is -2.47. The fraction of sp³-hybridized carbons (Fsp3) is 0.545. The third-order valence-electron chi connectivity index (χ3n) is 8.48. The van der Waals surface area contributed by atoms with Gasteiger partial charge in [-0.05, 0) is 80.7 Å².